The number of carbonyl (C=O) groups is 1. The molecule has 1 amide bonds. The molecule has 2 aromatic carbocycles. The van der Waals surface area contributed by atoms with Crippen molar-refractivity contribution in [2.24, 2.45) is 5.92 Å². The second kappa shape index (κ2) is 11.0. The lowest BCUT2D eigenvalue weighted by atomic mass is 9.99. The molecule has 1 N–H and O–H groups in total. The smallest absolute Gasteiger partial charge is 0.230 e. The Kier molecular flexibility index (Phi) is 8.02. The minimum atomic E-state index is -3.54. The summed E-state index contributed by atoms with van der Waals surface area (Å²) in [5.41, 5.74) is 1.85. The number of nitrogens with one attached hydrogen (secondary N) is 1. The number of aromatic nitrogens is 2. The van der Waals surface area contributed by atoms with Gasteiger partial charge in [0.2, 0.25) is 21.1 Å². The summed E-state index contributed by atoms with van der Waals surface area (Å²) in [6.07, 6.45) is 1.26. The molecule has 0 bridgehead atoms. The molecule has 0 aliphatic carbocycles. The first kappa shape index (κ1) is 24.2. The van der Waals surface area contributed by atoms with Crippen LogP contribution in [0.15, 0.2) is 58.9 Å². The van der Waals surface area contributed by atoms with E-state index in [2.05, 4.69) is 15.5 Å². The van der Waals surface area contributed by atoms with Gasteiger partial charge in [-0.3, -0.25) is 4.79 Å². The highest BCUT2D eigenvalue weighted by Crippen LogP contribution is 2.29. The Hall–Kier alpha value is -1.98. The van der Waals surface area contributed by atoms with Crippen LogP contribution in [0.4, 0.5) is 5.13 Å². The van der Waals surface area contributed by atoms with Crippen molar-refractivity contribution in [1.82, 2.24) is 14.5 Å². The topological polar surface area (TPSA) is 92.3 Å². The van der Waals surface area contributed by atoms with E-state index in [9.17, 15) is 13.2 Å². The van der Waals surface area contributed by atoms with Gasteiger partial charge in [-0.1, -0.05) is 77.2 Å². The third kappa shape index (κ3) is 6.77. The zero-order valence-electron chi connectivity index (χ0n) is 17.7. The van der Waals surface area contributed by atoms with E-state index in [4.69, 9.17) is 11.6 Å². The Morgan fingerprint density at radius 1 is 1.12 bits per heavy atom. The fraction of sp³-hybridized carbons (Fsp3) is 0.318. The molecule has 1 fully saturated rings. The molecule has 0 spiro atoms. The number of carbonyl (C=O) groups excluding carboxylic acids is 1. The molecule has 0 unspecified atom stereocenters. The molecule has 11 heteroatoms. The van der Waals surface area contributed by atoms with Crippen LogP contribution in [-0.4, -0.2) is 41.9 Å². The van der Waals surface area contributed by atoms with Gasteiger partial charge in [-0.2, -0.15) is 0 Å². The molecule has 1 aliphatic rings. The zero-order chi connectivity index (χ0) is 23.3. The Balaban J connectivity index is 1.32. The molecule has 33 heavy (non-hydrogen) atoms. The number of amides is 1. The van der Waals surface area contributed by atoms with Crippen LogP contribution in [0.3, 0.4) is 0 Å². The first-order chi connectivity index (χ1) is 15.9. The van der Waals surface area contributed by atoms with E-state index in [1.54, 1.807) is 36.0 Å². The number of hydrogen-bond donors (Lipinski definition) is 1. The summed E-state index contributed by atoms with van der Waals surface area (Å²) in [7, 11) is -3.54. The second-order valence-electron chi connectivity index (χ2n) is 7.72. The van der Waals surface area contributed by atoms with Crippen molar-refractivity contribution in [3.05, 3.63) is 70.7 Å². The van der Waals surface area contributed by atoms with E-state index >= 15 is 0 Å². The number of hydrogen-bond acceptors (Lipinski definition) is 7. The van der Waals surface area contributed by atoms with E-state index in [0.29, 0.717) is 35.1 Å². The molecule has 1 atom stereocenters. The number of anilines is 1. The van der Waals surface area contributed by atoms with Crippen LogP contribution in [0.1, 0.15) is 24.0 Å². The molecular formula is C22H23ClN4O3S3. The van der Waals surface area contributed by atoms with Crippen LogP contribution < -0.4 is 5.32 Å². The van der Waals surface area contributed by atoms with E-state index in [1.165, 1.54) is 21.2 Å². The number of benzene rings is 2. The highest BCUT2D eigenvalue weighted by molar-refractivity contribution is 8.00. The van der Waals surface area contributed by atoms with Gasteiger partial charge in [0, 0.05) is 23.9 Å². The molecule has 2 heterocycles. The second-order valence-corrected chi connectivity index (χ2v) is 12.3. The van der Waals surface area contributed by atoms with E-state index in [1.807, 2.05) is 30.3 Å². The van der Waals surface area contributed by atoms with Crippen molar-refractivity contribution in [3.63, 3.8) is 0 Å². The molecule has 0 saturated carbocycles. The van der Waals surface area contributed by atoms with Gasteiger partial charge in [-0.05, 0) is 36.1 Å². The van der Waals surface area contributed by atoms with Crippen molar-refractivity contribution >= 4 is 55.8 Å². The predicted octanol–water partition coefficient (Wildman–Crippen LogP) is 4.66. The van der Waals surface area contributed by atoms with Crippen LogP contribution in [0.5, 0.6) is 0 Å². The maximum Gasteiger partial charge on any atom is 0.230 e. The summed E-state index contributed by atoms with van der Waals surface area (Å²) < 4.78 is 28.0. The van der Waals surface area contributed by atoms with Gasteiger partial charge in [0.15, 0.2) is 4.34 Å². The van der Waals surface area contributed by atoms with E-state index in [0.717, 1.165) is 10.1 Å². The third-order valence-electron chi connectivity index (χ3n) is 5.25. The lowest BCUT2D eigenvalue weighted by molar-refractivity contribution is -0.120. The molecule has 174 valence electrons. The van der Waals surface area contributed by atoms with Gasteiger partial charge in [0.05, 0.1) is 11.7 Å². The molecular weight excluding hydrogens is 500 g/mol. The van der Waals surface area contributed by atoms with Gasteiger partial charge < -0.3 is 5.32 Å². The third-order valence-corrected chi connectivity index (χ3v) is 9.36. The van der Waals surface area contributed by atoms with E-state index < -0.39 is 15.9 Å². The lowest BCUT2D eigenvalue weighted by Crippen LogP contribution is -2.44. The average molecular weight is 523 g/mol. The number of sulfonamides is 1. The number of nitrogens with zero attached hydrogens (tertiary/aromatic N) is 3. The number of thioether (sulfide) groups is 1. The van der Waals surface area contributed by atoms with Crippen molar-refractivity contribution in [2.75, 3.05) is 18.4 Å². The van der Waals surface area contributed by atoms with Crippen LogP contribution in [0.2, 0.25) is 5.02 Å². The number of halogens is 1. The molecule has 7 nitrogen and oxygen atoms in total. The highest BCUT2D eigenvalue weighted by atomic mass is 35.5. The molecule has 0 radical (unpaired) electrons. The number of rotatable bonds is 8. The molecule has 3 aromatic rings. The van der Waals surface area contributed by atoms with Gasteiger partial charge in [-0.15, -0.1) is 10.2 Å². The summed E-state index contributed by atoms with van der Waals surface area (Å²) in [5, 5.41) is 12.0. The van der Waals surface area contributed by atoms with Crippen LogP contribution in [0.25, 0.3) is 0 Å². The molecule has 1 saturated heterocycles. The summed E-state index contributed by atoms with van der Waals surface area (Å²) >= 11 is 8.76. The summed E-state index contributed by atoms with van der Waals surface area (Å²) in [5.74, 6) is 0.00356. The Morgan fingerprint density at radius 2 is 1.88 bits per heavy atom. The molecule has 4 rings (SSSR count). The van der Waals surface area contributed by atoms with Gasteiger partial charge in [0.25, 0.3) is 0 Å². The van der Waals surface area contributed by atoms with Gasteiger partial charge in [0.1, 0.15) is 0 Å². The Morgan fingerprint density at radius 3 is 2.64 bits per heavy atom. The summed E-state index contributed by atoms with van der Waals surface area (Å²) in [6, 6.07) is 16.8. The molecule has 1 aromatic heterocycles. The Bertz CT molecular complexity index is 1190. The largest absolute Gasteiger partial charge is 0.300 e. The first-order valence-electron chi connectivity index (χ1n) is 10.4. The van der Waals surface area contributed by atoms with Crippen molar-refractivity contribution in [3.8, 4) is 0 Å². The maximum absolute atomic E-state index is 12.9. The highest BCUT2D eigenvalue weighted by Gasteiger charge is 2.32. The van der Waals surface area contributed by atoms with Crippen molar-refractivity contribution < 1.29 is 13.2 Å². The lowest BCUT2D eigenvalue weighted by Gasteiger charge is -2.31. The SMILES string of the molecule is O=C(Nc1nnc(SCc2ccccc2)s1)[C@@H]1CCCN(S(=O)(=O)Cc2ccc(Cl)cc2)C1. The van der Waals surface area contributed by atoms with Crippen LogP contribution in [0, 0.1) is 5.92 Å². The predicted molar refractivity (Wildman–Crippen MR) is 133 cm³/mol. The van der Waals surface area contributed by atoms with Gasteiger partial charge in [-0.25, -0.2) is 12.7 Å². The van der Waals surface area contributed by atoms with Crippen molar-refractivity contribution in [2.45, 2.75) is 28.7 Å². The minimum Gasteiger partial charge on any atom is -0.300 e. The standard InChI is InChI=1S/C22H23ClN4O3S3/c23-19-10-8-17(9-11-19)15-33(29,30)27-12-4-7-18(13-27)20(28)24-21-25-26-22(32-21)31-14-16-5-2-1-3-6-16/h1-3,5-6,8-11,18H,4,7,12-15H2,(H,24,25,28)/t18-/m1/s1. The van der Waals surface area contributed by atoms with Crippen LogP contribution >= 0.6 is 34.7 Å². The average Bonchev–Trinajstić information content (AvgIpc) is 3.27. The van der Waals surface area contributed by atoms with Crippen LogP contribution in [-0.2, 0) is 26.3 Å². The summed E-state index contributed by atoms with van der Waals surface area (Å²) in [4.78, 5) is 12.8. The van der Waals surface area contributed by atoms with E-state index in [-0.39, 0.29) is 18.2 Å². The monoisotopic (exact) mass is 522 g/mol. The quantitative estimate of drug-likeness (QED) is 0.341. The fourth-order valence-electron chi connectivity index (χ4n) is 3.54. The summed E-state index contributed by atoms with van der Waals surface area (Å²) in [6.45, 7) is 0.578. The number of piperidine rings is 1. The first-order valence-corrected chi connectivity index (χ1v) is 14.2. The maximum atomic E-state index is 12.9. The Labute approximate surface area is 206 Å². The fourth-order valence-corrected chi connectivity index (χ4v) is 6.98. The van der Waals surface area contributed by atoms with Gasteiger partial charge >= 0.3 is 0 Å². The zero-order valence-corrected chi connectivity index (χ0v) is 20.9. The minimum absolute atomic E-state index is 0.114. The molecule has 1 aliphatic heterocycles. The normalized spacial score (nSPS) is 17.1. The van der Waals surface area contributed by atoms with Crippen molar-refractivity contribution in [1.29, 1.82) is 0 Å².